The Kier molecular flexibility index (Phi) is 15.9. The molecule has 3 fully saturated rings. The van der Waals surface area contributed by atoms with Gasteiger partial charge in [0.2, 0.25) is 0 Å². The number of esters is 1. The standard InChI is InChI=1S/C39H71NO13/c1-16-27-39(10,45)32(42)22(4)29(41)20(2)18-38(9,48-15)34(53-36-31(46-13)26(40(11)12)17-21(3)49-36)23(5)30(24(6)35(44)51-27)52-28-19-37(8,47-14)33(43)25(7)50-28/h20-28,30-34,36,42-43,45H,16-19H2,1-15H3/t20-,21-,22+,23+,24-,25+,26+,27-,28+,30+,31-,32-,33+,34-,36+,37-,38+,39-/m1/s1. The highest BCUT2D eigenvalue weighted by Gasteiger charge is 2.54. The lowest BCUT2D eigenvalue weighted by Gasteiger charge is -2.50. The minimum Gasteiger partial charge on any atom is -0.459 e. The van der Waals surface area contributed by atoms with E-state index < -0.39 is 102 Å². The number of ether oxygens (including phenoxy) is 8. The number of Topliss-reactive ketones (excluding diaryl/α,β-unsaturated/α-hetero) is 1. The van der Waals surface area contributed by atoms with Crippen molar-refractivity contribution in [2.75, 3.05) is 35.4 Å². The molecule has 14 heteroatoms. The van der Waals surface area contributed by atoms with Crippen molar-refractivity contribution in [1.29, 1.82) is 0 Å². The maximum atomic E-state index is 14.2. The molecule has 0 unspecified atom stereocenters. The molecule has 3 aliphatic rings. The van der Waals surface area contributed by atoms with Gasteiger partial charge in [-0.3, -0.25) is 9.59 Å². The Labute approximate surface area is 317 Å². The quantitative estimate of drug-likeness (QED) is 0.293. The number of rotatable bonds is 9. The summed E-state index contributed by atoms with van der Waals surface area (Å²) in [4.78, 5) is 30.4. The second-order valence-electron chi connectivity index (χ2n) is 16.8. The summed E-state index contributed by atoms with van der Waals surface area (Å²) in [7, 11) is 8.63. The van der Waals surface area contributed by atoms with Crippen LogP contribution < -0.4 is 0 Å². The SMILES string of the molecule is CC[C@H]1OC(=O)[C@H](C)[C@@H](O[C@H]2C[C@@](C)(OC)[C@@H](O)[C@H](C)O2)[C@H](C)[C@@H](O[C@@H]2O[C@H](C)C[C@H](N(C)C)[C@H]2OC)[C@@](C)(OC)C[C@@H](C)C(=O)[C@H](C)[C@@H](O)[C@]1(C)O. The predicted molar refractivity (Wildman–Crippen MR) is 196 cm³/mol. The van der Waals surface area contributed by atoms with Crippen LogP contribution >= 0.6 is 0 Å². The van der Waals surface area contributed by atoms with Gasteiger partial charge in [0.05, 0.1) is 47.6 Å². The van der Waals surface area contributed by atoms with Crippen LogP contribution in [0.5, 0.6) is 0 Å². The average Bonchev–Trinajstić information content (AvgIpc) is 3.11. The summed E-state index contributed by atoms with van der Waals surface area (Å²) in [6.07, 6.45) is -7.44. The number of cyclic esters (lactones) is 1. The van der Waals surface area contributed by atoms with Crippen LogP contribution in [-0.4, -0.2) is 152 Å². The Morgan fingerprint density at radius 3 is 1.96 bits per heavy atom. The van der Waals surface area contributed by atoms with Crippen LogP contribution in [-0.2, 0) is 47.5 Å². The summed E-state index contributed by atoms with van der Waals surface area (Å²) in [5.74, 6) is -4.28. The number of aliphatic hydroxyl groups excluding tert-OH is 2. The minimum absolute atomic E-state index is 0.0470. The van der Waals surface area contributed by atoms with Crippen LogP contribution in [0, 0.1) is 23.7 Å². The highest BCUT2D eigenvalue weighted by Crippen LogP contribution is 2.42. The van der Waals surface area contributed by atoms with Gasteiger partial charge in [0.1, 0.15) is 29.7 Å². The molecule has 0 aliphatic carbocycles. The van der Waals surface area contributed by atoms with E-state index in [1.165, 1.54) is 14.0 Å². The van der Waals surface area contributed by atoms with E-state index in [0.29, 0.717) is 6.42 Å². The molecule has 0 saturated carbocycles. The highest BCUT2D eigenvalue weighted by molar-refractivity contribution is 5.83. The first-order valence-electron chi connectivity index (χ1n) is 19.3. The van der Waals surface area contributed by atoms with Gasteiger partial charge in [-0.1, -0.05) is 27.7 Å². The molecule has 0 radical (unpaired) electrons. The van der Waals surface area contributed by atoms with Crippen molar-refractivity contribution >= 4 is 11.8 Å². The van der Waals surface area contributed by atoms with Crippen molar-refractivity contribution in [3.63, 3.8) is 0 Å². The third kappa shape index (κ3) is 9.81. The number of hydrogen-bond donors (Lipinski definition) is 3. The smallest absolute Gasteiger partial charge is 0.311 e. The monoisotopic (exact) mass is 761 g/mol. The molecule has 0 aromatic heterocycles. The maximum Gasteiger partial charge on any atom is 0.311 e. The molecule has 3 aliphatic heterocycles. The molecule has 14 nitrogen and oxygen atoms in total. The van der Waals surface area contributed by atoms with Crippen molar-refractivity contribution in [2.45, 2.75) is 179 Å². The first-order valence-corrected chi connectivity index (χ1v) is 19.3. The van der Waals surface area contributed by atoms with E-state index in [9.17, 15) is 24.9 Å². The number of aliphatic hydroxyl groups is 3. The van der Waals surface area contributed by atoms with E-state index in [1.807, 2.05) is 34.9 Å². The van der Waals surface area contributed by atoms with E-state index in [4.69, 9.17) is 37.9 Å². The van der Waals surface area contributed by atoms with Crippen LogP contribution in [0.15, 0.2) is 0 Å². The Balaban J connectivity index is 2.24. The number of hydrogen-bond acceptors (Lipinski definition) is 14. The van der Waals surface area contributed by atoms with Gasteiger partial charge in [-0.2, -0.15) is 0 Å². The average molecular weight is 762 g/mol. The molecule has 3 rings (SSSR count). The summed E-state index contributed by atoms with van der Waals surface area (Å²) in [5, 5.41) is 34.1. The molecule has 0 aromatic rings. The first kappa shape index (κ1) is 46.1. The largest absolute Gasteiger partial charge is 0.459 e. The van der Waals surface area contributed by atoms with E-state index in [0.717, 1.165) is 0 Å². The number of carbonyl (C=O) groups excluding carboxylic acids is 2. The number of nitrogens with zero attached hydrogens (tertiary/aromatic N) is 1. The Bertz CT molecular complexity index is 1200. The van der Waals surface area contributed by atoms with Crippen molar-refractivity contribution in [3.05, 3.63) is 0 Å². The normalized spacial score (nSPS) is 48.3. The lowest BCUT2D eigenvalue weighted by molar-refractivity contribution is -0.321. The highest BCUT2D eigenvalue weighted by atomic mass is 16.7. The summed E-state index contributed by atoms with van der Waals surface area (Å²) >= 11 is 0. The lowest BCUT2D eigenvalue weighted by Crippen LogP contribution is -2.61. The van der Waals surface area contributed by atoms with Crippen LogP contribution in [0.4, 0.5) is 0 Å². The van der Waals surface area contributed by atoms with Crippen molar-refractivity contribution in [3.8, 4) is 0 Å². The van der Waals surface area contributed by atoms with Gasteiger partial charge in [0.15, 0.2) is 12.6 Å². The third-order valence-corrected chi connectivity index (χ3v) is 12.5. The van der Waals surface area contributed by atoms with Gasteiger partial charge in [0.25, 0.3) is 0 Å². The van der Waals surface area contributed by atoms with E-state index >= 15 is 0 Å². The molecule has 310 valence electrons. The molecule has 0 spiro atoms. The predicted octanol–water partition coefficient (Wildman–Crippen LogP) is 3.09. The Morgan fingerprint density at radius 1 is 0.830 bits per heavy atom. The second-order valence-corrected chi connectivity index (χ2v) is 16.8. The van der Waals surface area contributed by atoms with E-state index in [-0.39, 0.29) is 37.2 Å². The molecule has 3 N–H and O–H groups in total. The zero-order chi connectivity index (χ0) is 40.4. The fourth-order valence-electron chi connectivity index (χ4n) is 8.83. The third-order valence-electron chi connectivity index (χ3n) is 12.5. The van der Waals surface area contributed by atoms with Gasteiger partial charge in [-0.05, 0) is 74.9 Å². The summed E-state index contributed by atoms with van der Waals surface area (Å²) in [6, 6.07) is -0.0470. The van der Waals surface area contributed by atoms with Gasteiger partial charge in [-0.25, -0.2) is 0 Å². The van der Waals surface area contributed by atoms with Gasteiger partial charge < -0.3 is 58.1 Å². The zero-order valence-electron chi connectivity index (χ0n) is 34.9. The second kappa shape index (κ2) is 18.3. The molecule has 18 atom stereocenters. The summed E-state index contributed by atoms with van der Waals surface area (Å²) < 4.78 is 50.6. The van der Waals surface area contributed by atoms with Crippen LogP contribution in [0.1, 0.15) is 94.9 Å². The van der Waals surface area contributed by atoms with Crippen LogP contribution in [0.2, 0.25) is 0 Å². The molecule has 53 heavy (non-hydrogen) atoms. The minimum atomic E-state index is -1.95. The first-order chi connectivity index (χ1) is 24.5. The van der Waals surface area contributed by atoms with Crippen molar-refractivity contribution in [1.82, 2.24) is 4.90 Å². The summed E-state index contributed by atoms with van der Waals surface area (Å²) in [6.45, 7) is 17.4. The van der Waals surface area contributed by atoms with Crippen LogP contribution in [0.25, 0.3) is 0 Å². The molecule has 3 saturated heterocycles. The fourth-order valence-corrected chi connectivity index (χ4v) is 8.83. The number of ketones is 1. The summed E-state index contributed by atoms with van der Waals surface area (Å²) in [5.41, 5.74) is -4.16. The van der Waals surface area contributed by atoms with E-state index in [1.54, 1.807) is 55.8 Å². The molecule has 0 bridgehead atoms. The van der Waals surface area contributed by atoms with Gasteiger partial charge in [0, 0.05) is 51.5 Å². The topological polar surface area (TPSA) is 172 Å². The lowest BCUT2D eigenvalue weighted by atomic mass is 9.74. The Hall–Kier alpha value is -1.30. The Morgan fingerprint density at radius 2 is 1.43 bits per heavy atom. The van der Waals surface area contributed by atoms with Gasteiger partial charge >= 0.3 is 5.97 Å². The number of likely N-dealkylation sites (N-methyl/N-ethyl adjacent to an activating group) is 1. The maximum absolute atomic E-state index is 14.2. The van der Waals surface area contributed by atoms with E-state index in [2.05, 4.69) is 4.90 Å². The fraction of sp³-hybridized carbons (Fsp3) is 0.949. The molecule has 0 aromatic carbocycles. The molecule has 3 heterocycles. The molecule has 0 amide bonds. The van der Waals surface area contributed by atoms with Crippen molar-refractivity contribution < 1.29 is 62.8 Å². The molecular weight excluding hydrogens is 690 g/mol. The number of methoxy groups -OCH3 is 3. The zero-order valence-corrected chi connectivity index (χ0v) is 34.9. The van der Waals surface area contributed by atoms with Crippen molar-refractivity contribution in [2.24, 2.45) is 23.7 Å². The van der Waals surface area contributed by atoms with Crippen LogP contribution in [0.3, 0.4) is 0 Å². The molecular formula is C39H71NO13. The number of carbonyl (C=O) groups is 2. The van der Waals surface area contributed by atoms with Gasteiger partial charge in [-0.15, -0.1) is 0 Å².